The van der Waals surface area contributed by atoms with Crippen molar-refractivity contribution in [1.29, 1.82) is 0 Å². The summed E-state index contributed by atoms with van der Waals surface area (Å²) in [6.07, 6.45) is 9.24. The summed E-state index contributed by atoms with van der Waals surface area (Å²) in [6, 6.07) is 0. The van der Waals surface area contributed by atoms with Gasteiger partial charge in [-0.2, -0.15) is 0 Å². The number of fused-ring (bicyclic) bond motifs is 2. The Morgan fingerprint density at radius 1 is 1.45 bits per heavy atom. The van der Waals surface area contributed by atoms with E-state index in [2.05, 4.69) is 13.0 Å². The lowest BCUT2D eigenvalue weighted by Crippen LogP contribution is -2.18. The summed E-state index contributed by atoms with van der Waals surface area (Å²) in [5, 5.41) is 0. The zero-order valence-corrected chi connectivity index (χ0v) is 7.18. The molecule has 0 amide bonds. The summed E-state index contributed by atoms with van der Waals surface area (Å²) < 4.78 is 5.78. The van der Waals surface area contributed by atoms with E-state index < -0.39 is 0 Å². The Kier molecular flexibility index (Phi) is 1.89. The summed E-state index contributed by atoms with van der Waals surface area (Å²) in [5.41, 5.74) is 0. The largest absolute Gasteiger partial charge is 0.495 e. The molecule has 0 aromatic heterocycles. The number of hydrogen-bond acceptors (Lipinski definition) is 1. The van der Waals surface area contributed by atoms with Crippen LogP contribution in [-0.2, 0) is 4.74 Å². The van der Waals surface area contributed by atoms with Gasteiger partial charge in [-0.05, 0) is 37.7 Å². The fourth-order valence-corrected chi connectivity index (χ4v) is 2.09. The minimum Gasteiger partial charge on any atom is -0.495 e. The van der Waals surface area contributed by atoms with Crippen LogP contribution in [0.2, 0.25) is 0 Å². The molecule has 1 nitrogen and oxygen atoms in total. The van der Waals surface area contributed by atoms with Crippen molar-refractivity contribution in [1.82, 2.24) is 0 Å². The van der Waals surface area contributed by atoms with E-state index in [0.717, 1.165) is 5.92 Å². The highest BCUT2D eigenvalue weighted by Crippen LogP contribution is 2.30. The first-order chi connectivity index (χ1) is 5.34. The zero-order valence-electron chi connectivity index (χ0n) is 7.18. The predicted octanol–water partition coefficient (Wildman–Crippen LogP) is 2.87. The molecule has 0 aliphatic carbocycles. The lowest BCUT2D eigenvalue weighted by atomic mass is 9.99. The van der Waals surface area contributed by atoms with Gasteiger partial charge < -0.3 is 4.74 Å². The maximum Gasteiger partial charge on any atom is 0.0987 e. The Bertz CT molecular complexity index is 172. The SMILES string of the molecule is CC1C=C2CCCCC(C1)O2. The Morgan fingerprint density at radius 2 is 2.36 bits per heavy atom. The fourth-order valence-electron chi connectivity index (χ4n) is 2.09. The molecule has 0 spiro atoms. The second-order valence-corrected chi connectivity index (χ2v) is 3.83. The lowest BCUT2D eigenvalue weighted by molar-refractivity contribution is 0.0798. The van der Waals surface area contributed by atoms with Crippen molar-refractivity contribution in [2.75, 3.05) is 0 Å². The highest BCUT2D eigenvalue weighted by atomic mass is 16.5. The first-order valence-electron chi connectivity index (χ1n) is 4.72. The van der Waals surface area contributed by atoms with Crippen LogP contribution in [0.25, 0.3) is 0 Å². The van der Waals surface area contributed by atoms with Crippen molar-refractivity contribution in [3.63, 3.8) is 0 Å². The number of hydrogen-bond donors (Lipinski definition) is 0. The molecule has 1 heteroatoms. The van der Waals surface area contributed by atoms with Crippen LogP contribution in [0.5, 0.6) is 0 Å². The maximum absolute atomic E-state index is 5.78. The quantitative estimate of drug-likeness (QED) is 0.518. The predicted molar refractivity (Wildman–Crippen MR) is 45.2 cm³/mol. The summed E-state index contributed by atoms with van der Waals surface area (Å²) in [6.45, 7) is 2.29. The summed E-state index contributed by atoms with van der Waals surface area (Å²) in [7, 11) is 0. The van der Waals surface area contributed by atoms with Crippen LogP contribution in [0.3, 0.4) is 0 Å². The molecule has 2 bridgehead atoms. The van der Waals surface area contributed by atoms with Crippen LogP contribution in [0.1, 0.15) is 39.0 Å². The van der Waals surface area contributed by atoms with Gasteiger partial charge in [0.05, 0.1) is 11.9 Å². The van der Waals surface area contributed by atoms with Crippen LogP contribution in [-0.4, -0.2) is 6.10 Å². The number of ether oxygens (including phenoxy) is 1. The van der Waals surface area contributed by atoms with E-state index in [-0.39, 0.29) is 0 Å². The molecule has 2 rings (SSSR count). The van der Waals surface area contributed by atoms with Gasteiger partial charge in [-0.1, -0.05) is 6.92 Å². The second kappa shape index (κ2) is 2.88. The van der Waals surface area contributed by atoms with E-state index >= 15 is 0 Å². The van der Waals surface area contributed by atoms with Gasteiger partial charge in [0.15, 0.2) is 0 Å². The van der Waals surface area contributed by atoms with Crippen LogP contribution in [0, 0.1) is 5.92 Å². The van der Waals surface area contributed by atoms with Crippen LogP contribution in [0.4, 0.5) is 0 Å². The van der Waals surface area contributed by atoms with Crippen molar-refractivity contribution in [2.24, 2.45) is 5.92 Å². The van der Waals surface area contributed by atoms with E-state index in [9.17, 15) is 0 Å². The normalized spacial score (nSPS) is 37.0. The third kappa shape index (κ3) is 1.58. The highest BCUT2D eigenvalue weighted by Gasteiger charge is 2.22. The standard InChI is InChI=1S/C10H16O/c1-8-6-9-4-2-3-5-10(7-8)11-9/h6,8,10H,2-5,7H2,1H3. The van der Waals surface area contributed by atoms with E-state index in [1.54, 1.807) is 0 Å². The van der Waals surface area contributed by atoms with Gasteiger partial charge in [0.25, 0.3) is 0 Å². The molecule has 1 saturated heterocycles. The van der Waals surface area contributed by atoms with Gasteiger partial charge in [-0.3, -0.25) is 0 Å². The molecular formula is C10H16O. The molecule has 62 valence electrons. The van der Waals surface area contributed by atoms with Crippen LogP contribution in [0.15, 0.2) is 11.8 Å². The van der Waals surface area contributed by atoms with Crippen molar-refractivity contribution in [2.45, 2.75) is 45.1 Å². The smallest absolute Gasteiger partial charge is 0.0987 e. The minimum absolute atomic E-state index is 0.549. The first-order valence-corrected chi connectivity index (χ1v) is 4.72. The average molecular weight is 152 g/mol. The van der Waals surface area contributed by atoms with E-state index in [1.807, 2.05) is 0 Å². The molecule has 11 heavy (non-hydrogen) atoms. The molecule has 0 radical (unpaired) electrons. The van der Waals surface area contributed by atoms with Gasteiger partial charge in [-0.15, -0.1) is 0 Å². The molecule has 2 unspecified atom stereocenters. The van der Waals surface area contributed by atoms with Gasteiger partial charge in [0.2, 0.25) is 0 Å². The topological polar surface area (TPSA) is 9.23 Å². The molecule has 2 aliphatic rings. The molecule has 0 aromatic rings. The van der Waals surface area contributed by atoms with Crippen molar-refractivity contribution >= 4 is 0 Å². The van der Waals surface area contributed by atoms with Crippen molar-refractivity contribution in [3.05, 3.63) is 11.8 Å². The molecule has 2 atom stereocenters. The van der Waals surface area contributed by atoms with Gasteiger partial charge in [0, 0.05) is 6.42 Å². The van der Waals surface area contributed by atoms with E-state index in [0.29, 0.717) is 6.10 Å². The summed E-state index contributed by atoms with van der Waals surface area (Å²) >= 11 is 0. The zero-order chi connectivity index (χ0) is 7.68. The van der Waals surface area contributed by atoms with Gasteiger partial charge in [-0.25, -0.2) is 0 Å². The lowest BCUT2D eigenvalue weighted by Gasteiger charge is -2.25. The van der Waals surface area contributed by atoms with E-state index in [4.69, 9.17) is 4.74 Å². The molecular weight excluding hydrogens is 136 g/mol. The molecule has 0 aromatic carbocycles. The first kappa shape index (κ1) is 7.20. The number of rotatable bonds is 0. The third-order valence-electron chi connectivity index (χ3n) is 2.62. The summed E-state index contributed by atoms with van der Waals surface area (Å²) in [5.74, 6) is 2.02. The van der Waals surface area contributed by atoms with Crippen LogP contribution >= 0.6 is 0 Å². The van der Waals surface area contributed by atoms with Gasteiger partial charge >= 0.3 is 0 Å². The highest BCUT2D eigenvalue weighted by molar-refractivity contribution is 5.02. The maximum atomic E-state index is 5.78. The van der Waals surface area contributed by atoms with Crippen molar-refractivity contribution < 1.29 is 4.74 Å². The second-order valence-electron chi connectivity index (χ2n) is 3.83. The van der Waals surface area contributed by atoms with Crippen LogP contribution < -0.4 is 0 Å². The Balaban J connectivity index is 2.13. The Morgan fingerprint density at radius 3 is 3.27 bits per heavy atom. The number of allylic oxidation sites excluding steroid dienone is 2. The molecule has 2 aliphatic heterocycles. The average Bonchev–Trinajstić information content (AvgIpc) is 2.11. The van der Waals surface area contributed by atoms with Crippen molar-refractivity contribution in [3.8, 4) is 0 Å². The minimum atomic E-state index is 0.549. The van der Waals surface area contributed by atoms with Gasteiger partial charge in [0.1, 0.15) is 0 Å². The molecule has 2 heterocycles. The monoisotopic (exact) mass is 152 g/mol. The fraction of sp³-hybridized carbons (Fsp3) is 0.800. The summed E-state index contributed by atoms with van der Waals surface area (Å²) in [4.78, 5) is 0. The molecule has 0 saturated carbocycles. The van der Waals surface area contributed by atoms with E-state index in [1.165, 1.54) is 37.9 Å². The third-order valence-corrected chi connectivity index (χ3v) is 2.62. The Labute approximate surface area is 68.4 Å². The molecule has 1 fully saturated rings. The Hall–Kier alpha value is -0.460. The molecule has 0 N–H and O–H groups in total.